The van der Waals surface area contributed by atoms with Crippen molar-refractivity contribution in [2.24, 2.45) is 4.99 Å². The lowest BCUT2D eigenvalue weighted by Gasteiger charge is -2.38. The minimum absolute atomic E-state index is 0.160. The first-order chi connectivity index (χ1) is 14.8. The molecular formula is C23H35N5O2. The molecule has 1 aromatic rings. The predicted octanol–water partition coefficient (Wildman–Crippen LogP) is 1.72. The van der Waals surface area contributed by atoms with E-state index in [1.165, 1.54) is 18.4 Å². The van der Waals surface area contributed by atoms with Gasteiger partial charge in [0.15, 0.2) is 5.96 Å². The van der Waals surface area contributed by atoms with Crippen molar-refractivity contribution in [2.45, 2.75) is 37.8 Å². The minimum atomic E-state index is -0.221. The molecule has 0 radical (unpaired) electrons. The number of rotatable bonds is 5. The summed E-state index contributed by atoms with van der Waals surface area (Å²) >= 11 is 0. The minimum Gasteiger partial charge on any atom is -0.368 e. The van der Waals surface area contributed by atoms with E-state index in [0.29, 0.717) is 12.6 Å². The van der Waals surface area contributed by atoms with Crippen molar-refractivity contribution in [1.29, 1.82) is 0 Å². The topological polar surface area (TPSA) is 60.4 Å². The molecule has 1 aromatic carbocycles. The molecule has 2 unspecified atom stereocenters. The SMILES string of the molecule is CN=C(NCC(c1ccccc1)N1CCCC1)N1CCN(C(=O)C2CCCO2)CC1. The van der Waals surface area contributed by atoms with Crippen LogP contribution in [0.3, 0.4) is 0 Å². The number of nitrogens with one attached hydrogen (secondary N) is 1. The first-order valence-corrected chi connectivity index (χ1v) is 11.4. The molecule has 30 heavy (non-hydrogen) atoms. The van der Waals surface area contributed by atoms with Crippen LogP contribution in [0.15, 0.2) is 35.3 Å². The van der Waals surface area contributed by atoms with Crippen molar-refractivity contribution in [3.8, 4) is 0 Å². The number of ether oxygens (including phenoxy) is 1. The van der Waals surface area contributed by atoms with Crippen LogP contribution in [-0.2, 0) is 9.53 Å². The zero-order valence-electron chi connectivity index (χ0n) is 18.1. The monoisotopic (exact) mass is 413 g/mol. The molecule has 7 heteroatoms. The lowest BCUT2D eigenvalue weighted by atomic mass is 10.1. The van der Waals surface area contributed by atoms with Crippen LogP contribution in [0.1, 0.15) is 37.3 Å². The van der Waals surface area contributed by atoms with Gasteiger partial charge in [0, 0.05) is 46.4 Å². The van der Waals surface area contributed by atoms with Gasteiger partial charge in [0.2, 0.25) is 0 Å². The summed E-state index contributed by atoms with van der Waals surface area (Å²) in [5.74, 6) is 1.09. The van der Waals surface area contributed by atoms with E-state index >= 15 is 0 Å². The maximum Gasteiger partial charge on any atom is 0.251 e. The zero-order chi connectivity index (χ0) is 20.8. The molecule has 3 aliphatic heterocycles. The third-order valence-electron chi connectivity index (χ3n) is 6.53. The number of amides is 1. The van der Waals surface area contributed by atoms with Gasteiger partial charge < -0.3 is 19.9 Å². The predicted molar refractivity (Wildman–Crippen MR) is 118 cm³/mol. The molecule has 0 aromatic heterocycles. The molecule has 2 atom stereocenters. The van der Waals surface area contributed by atoms with Crippen LogP contribution in [-0.4, -0.2) is 92.1 Å². The highest BCUT2D eigenvalue weighted by Crippen LogP contribution is 2.24. The molecule has 0 bridgehead atoms. The van der Waals surface area contributed by atoms with E-state index in [1.54, 1.807) is 0 Å². The third-order valence-corrected chi connectivity index (χ3v) is 6.53. The van der Waals surface area contributed by atoms with Gasteiger partial charge in [0.05, 0.1) is 6.04 Å². The summed E-state index contributed by atoms with van der Waals surface area (Å²) in [6.45, 7) is 6.93. The molecule has 4 rings (SSSR count). The second-order valence-electron chi connectivity index (χ2n) is 8.41. The number of benzene rings is 1. The number of aliphatic imine (C=N–C) groups is 1. The second kappa shape index (κ2) is 10.3. The summed E-state index contributed by atoms with van der Waals surface area (Å²) in [6.07, 6.45) is 4.19. The first kappa shape index (κ1) is 21.1. The molecule has 0 aliphatic carbocycles. The van der Waals surface area contributed by atoms with Gasteiger partial charge in [-0.15, -0.1) is 0 Å². The normalized spacial score (nSPS) is 24.3. The third kappa shape index (κ3) is 4.95. The van der Waals surface area contributed by atoms with Crippen LogP contribution < -0.4 is 5.32 Å². The average Bonchev–Trinajstić information content (AvgIpc) is 3.52. The van der Waals surface area contributed by atoms with E-state index in [1.807, 2.05) is 11.9 Å². The van der Waals surface area contributed by atoms with Crippen LogP contribution in [0.2, 0.25) is 0 Å². The Kier molecular flexibility index (Phi) is 7.23. The first-order valence-electron chi connectivity index (χ1n) is 11.4. The van der Waals surface area contributed by atoms with Crippen molar-refractivity contribution in [1.82, 2.24) is 20.0 Å². The van der Waals surface area contributed by atoms with Gasteiger partial charge in [-0.25, -0.2) is 0 Å². The summed E-state index contributed by atoms with van der Waals surface area (Å²) in [4.78, 5) is 23.9. The van der Waals surface area contributed by atoms with E-state index < -0.39 is 0 Å². The Morgan fingerprint density at radius 3 is 2.40 bits per heavy atom. The van der Waals surface area contributed by atoms with Crippen LogP contribution in [0.25, 0.3) is 0 Å². The maximum atomic E-state index is 12.6. The summed E-state index contributed by atoms with van der Waals surface area (Å²) in [6, 6.07) is 11.1. The number of hydrogen-bond donors (Lipinski definition) is 1. The summed E-state index contributed by atoms with van der Waals surface area (Å²) < 4.78 is 5.57. The van der Waals surface area contributed by atoms with Gasteiger partial charge in [-0.3, -0.25) is 14.7 Å². The molecule has 7 nitrogen and oxygen atoms in total. The molecular weight excluding hydrogens is 378 g/mol. The van der Waals surface area contributed by atoms with Crippen molar-refractivity contribution in [2.75, 3.05) is 59.5 Å². The Labute approximate surface area is 180 Å². The Morgan fingerprint density at radius 2 is 1.77 bits per heavy atom. The molecule has 0 spiro atoms. The molecule has 0 saturated carbocycles. The smallest absolute Gasteiger partial charge is 0.251 e. The molecule has 164 valence electrons. The number of nitrogens with zero attached hydrogens (tertiary/aromatic N) is 4. The standard InChI is InChI=1S/C23H35N5O2/c1-24-23(28-15-13-27(14-16-28)22(29)21-10-7-17-30-21)25-18-20(26-11-5-6-12-26)19-8-3-2-4-9-19/h2-4,8-9,20-21H,5-7,10-18H2,1H3,(H,24,25). The van der Waals surface area contributed by atoms with E-state index in [9.17, 15) is 4.79 Å². The number of piperazine rings is 1. The lowest BCUT2D eigenvalue weighted by Crippen LogP contribution is -2.55. The number of carbonyl (C=O) groups is 1. The summed E-state index contributed by atoms with van der Waals surface area (Å²) in [5, 5.41) is 3.62. The molecule has 3 heterocycles. The number of hydrogen-bond acceptors (Lipinski definition) is 4. The molecule has 3 fully saturated rings. The van der Waals surface area contributed by atoms with E-state index in [-0.39, 0.29) is 12.0 Å². The van der Waals surface area contributed by atoms with Crippen LogP contribution in [0.4, 0.5) is 0 Å². The number of guanidine groups is 1. The van der Waals surface area contributed by atoms with Crippen LogP contribution >= 0.6 is 0 Å². The average molecular weight is 414 g/mol. The van der Waals surface area contributed by atoms with Crippen molar-refractivity contribution >= 4 is 11.9 Å². The highest BCUT2D eigenvalue weighted by Gasteiger charge is 2.31. The van der Waals surface area contributed by atoms with Crippen LogP contribution in [0, 0.1) is 0 Å². The Bertz CT molecular complexity index is 706. The van der Waals surface area contributed by atoms with E-state index in [4.69, 9.17) is 4.74 Å². The fourth-order valence-corrected chi connectivity index (χ4v) is 4.82. The highest BCUT2D eigenvalue weighted by molar-refractivity contribution is 5.82. The number of likely N-dealkylation sites (tertiary alicyclic amines) is 1. The second-order valence-corrected chi connectivity index (χ2v) is 8.41. The van der Waals surface area contributed by atoms with Gasteiger partial charge in [0.1, 0.15) is 6.10 Å². The largest absolute Gasteiger partial charge is 0.368 e. The lowest BCUT2D eigenvalue weighted by molar-refractivity contribution is -0.142. The van der Waals surface area contributed by atoms with E-state index in [0.717, 1.165) is 64.6 Å². The number of carbonyl (C=O) groups excluding carboxylic acids is 1. The van der Waals surface area contributed by atoms with E-state index in [2.05, 4.69) is 50.4 Å². The Hall–Kier alpha value is -2.12. The Morgan fingerprint density at radius 1 is 1.07 bits per heavy atom. The summed E-state index contributed by atoms with van der Waals surface area (Å²) in [7, 11) is 1.85. The maximum absolute atomic E-state index is 12.6. The Balaban J connectivity index is 1.32. The van der Waals surface area contributed by atoms with Crippen LogP contribution in [0.5, 0.6) is 0 Å². The van der Waals surface area contributed by atoms with Gasteiger partial charge in [-0.1, -0.05) is 30.3 Å². The van der Waals surface area contributed by atoms with Crippen molar-refractivity contribution in [3.05, 3.63) is 35.9 Å². The highest BCUT2D eigenvalue weighted by atomic mass is 16.5. The van der Waals surface area contributed by atoms with Crippen molar-refractivity contribution in [3.63, 3.8) is 0 Å². The summed E-state index contributed by atoms with van der Waals surface area (Å²) in [5.41, 5.74) is 1.36. The fraction of sp³-hybridized carbons (Fsp3) is 0.652. The molecule has 1 amide bonds. The molecule has 3 aliphatic rings. The molecule has 1 N–H and O–H groups in total. The van der Waals surface area contributed by atoms with Gasteiger partial charge in [-0.2, -0.15) is 0 Å². The van der Waals surface area contributed by atoms with Crippen molar-refractivity contribution < 1.29 is 9.53 Å². The quantitative estimate of drug-likeness (QED) is 0.588. The van der Waals surface area contributed by atoms with Gasteiger partial charge in [-0.05, 0) is 44.3 Å². The molecule has 3 saturated heterocycles. The fourth-order valence-electron chi connectivity index (χ4n) is 4.82. The van der Waals surface area contributed by atoms with Gasteiger partial charge >= 0.3 is 0 Å². The zero-order valence-corrected chi connectivity index (χ0v) is 18.1. The van der Waals surface area contributed by atoms with Gasteiger partial charge in [0.25, 0.3) is 5.91 Å².